The van der Waals surface area contributed by atoms with Crippen LogP contribution in [0, 0.1) is 11.8 Å². The van der Waals surface area contributed by atoms with E-state index in [1.165, 1.54) is 12.8 Å². The van der Waals surface area contributed by atoms with Gasteiger partial charge in [-0.3, -0.25) is 9.69 Å². The van der Waals surface area contributed by atoms with Gasteiger partial charge in [-0.25, -0.2) is 0 Å². The van der Waals surface area contributed by atoms with Crippen LogP contribution in [0.1, 0.15) is 53.4 Å². The number of likely N-dealkylation sites (N-methyl/N-ethyl adjacent to an activating group) is 1. The molecule has 4 nitrogen and oxygen atoms in total. The summed E-state index contributed by atoms with van der Waals surface area (Å²) in [6.07, 6.45) is 4.64. The summed E-state index contributed by atoms with van der Waals surface area (Å²) in [4.78, 5) is 14.3. The molecular weight excluding hydrogens is 250 g/mol. The van der Waals surface area contributed by atoms with Gasteiger partial charge in [0.15, 0.2) is 0 Å². The van der Waals surface area contributed by atoms with Crippen LogP contribution in [-0.2, 0) is 4.79 Å². The zero-order valence-corrected chi connectivity index (χ0v) is 13.9. The number of carbonyl (C=O) groups is 1. The van der Waals surface area contributed by atoms with Crippen LogP contribution in [-0.4, -0.2) is 42.5 Å². The maximum atomic E-state index is 12.1. The molecule has 4 heteroatoms. The average Bonchev–Trinajstić information content (AvgIpc) is 2.39. The van der Waals surface area contributed by atoms with Gasteiger partial charge in [-0.2, -0.15) is 0 Å². The van der Waals surface area contributed by atoms with E-state index in [4.69, 9.17) is 5.73 Å². The van der Waals surface area contributed by atoms with Gasteiger partial charge in [-0.15, -0.1) is 0 Å². The van der Waals surface area contributed by atoms with E-state index >= 15 is 0 Å². The number of nitrogens with one attached hydrogen (secondary N) is 1. The minimum absolute atomic E-state index is 0.0188. The van der Waals surface area contributed by atoms with Crippen molar-refractivity contribution in [3.63, 3.8) is 0 Å². The van der Waals surface area contributed by atoms with Crippen LogP contribution in [0.25, 0.3) is 0 Å². The normalized spacial score (nSPS) is 28.7. The highest BCUT2D eigenvalue weighted by atomic mass is 16.2. The van der Waals surface area contributed by atoms with Crippen LogP contribution in [0.4, 0.5) is 0 Å². The number of hydrogen-bond acceptors (Lipinski definition) is 3. The van der Waals surface area contributed by atoms with Crippen molar-refractivity contribution in [3.8, 4) is 0 Å². The van der Waals surface area contributed by atoms with Gasteiger partial charge in [0, 0.05) is 18.1 Å². The fourth-order valence-corrected chi connectivity index (χ4v) is 2.89. The van der Waals surface area contributed by atoms with Crippen molar-refractivity contribution in [2.75, 3.05) is 20.1 Å². The van der Waals surface area contributed by atoms with Gasteiger partial charge in [0.05, 0.1) is 6.54 Å². The maximum absolute atomic E-state index is 12.1. The molecule has 1 atom stereocenters. The number of nitrogens with zero attached hydrogens (tertiary/aromatic N) is 1. The van der Waals surface area contributed by atoms with E-state index in [1.54, 1.807) is 0 Å². The second-order valence-corrected chi connectivity index (χ2v) is 7.07. The van der Waals surface area contributed by atoms with Crippen molar-refractivity contribution in [1.29, 1.82) is 0 Å². The van der Waals surface area contributed by atoms with Crippen LogP contribution >= 0.6 is 0 Å². The van der Waals surface area contributed by atoms with E-state index in [-0.39, 0.29) is 17.5 Å². The molecule has 1 aliphatic rings. The first kappa shape index (κ1) is 17.4. The van der Waals surface area contributed by atoms with Crippen molar-refractivity contribution in [2.45, 2.75) is 65.0 Å². The van der Waals surface area contributed by atoms with Crippen molar-refractivity contribution < 1.29 is 4.79 Å². The number of amides is 1. The largest absolute Gasteiger partial charge is 0.352 e. The lowest BCUT2D eigenvalue weighted by molar-refractivity contribution is -0.124. The molecule has 20 heavy (non-hydrogen) atoms. The van der Waals surface area contributed by atoms with Gasteiger partial charge in [-0.1, -0.05) is 20.8 Å². The van der Waals surface area contributed by atoms with Gasteiger partial charge in [0.2, 0.25) is 5.91 Å². The van der Waals surface area contributed by atoms with Crippen molar-refractivity contribution in [3.05, 3.63) is 0 Å². The molecule has 0 heterocycles. The predicted molar refractivity (Wildman–Crippen MR) is 84.5 cm³/mol. The average molecular weight is 283 g/mol. The maximum Gasteiger partial charge on any atom is 0.234 e. The topological polar surface area (TPSA) is 58.4 Å². The van der Waals surface area contributed by atoms with Gasteiger partial charge in [0.25, 0.3) is 0 Å². The van der Waals surface area contributed by atoms with E-state index in [2.05, 4.69) is 37.9 Å². The Labute approximate surface area is 124 Å². The Kier molecular flexibility index (Phi) is 6.46. The molecule has 0 saturated heterocycles. The predicted octanol–water partition coefficient (Wildman–Crippen LogP) is 1.99. The molecule has 0 aromatic heterocycles. The minimum atomic E-state index is 0.0188. The highest BCUT2D eigenvalue weighted by molar-refractivity contribution is 5.78. The molecule has 1 amide bonds. The standard InChI is InChI=1S/C16H33N3O/c1-12(2)14(4)18-15(20)10-19(5)16(11-17)8-6-13(3)7-9-16/h12-14H,6-11,17H2,1-5H3,(H,18,20). The molecule has 1 fully saturated rings. The minimum Gasteiger partial charge on any atom is -0.352 e. The lowest BCUT2D eigenvalue weighted by Crippen LogP contribution is -2.56. The van der Waals surface area contributed by atoms with Gasteiger partial charge >= 0.3 is 0 Å². The molecule has 1 rings (SSSR count). The lowest BCUT2D eigenvalue weighted by Gasteiger charge is -2.45. The summed E-state index contributed by atoms with van der Waals surface area (Å²) < 4.78 is 0. The van der Waals surface area contributed by atoms with Crippen LogP contribution < -0.4 is 11.1 Å². The Morgan fingerprint density at radius 3 is 2.35 bits per heavy atom. The molecule has 1 aliphatic carbocycles. The van der Waals surface area contributed by atoms with Crippen molar-refractivity contribution >= 4 is 5.91 Å². The van der Waals surface area contributed by atoms with E-state index < -0.39 is 0 Å². The number of hydrogen-bond donors (Lipinski definition) is 2. The molecule has 1 unspecified atom stereocenters. The number of nitrogens with two attached hydrogens (primary N) is 1. The van der Waals surface area contributed by atoms with Crippen molar-refractivity contribution in [2.24, 2.45) is 17.6 Å². The molecule has 0 spiro atoms. The zero-order chi connectivity index (χ0) is 15.3. The first-order chi connectivity index (χ1) is 9.30. The third-order valence-electron chi connectivity index (χ3n) is 5.16. The smallest absolute Gasteiger partial charge is 0.234 e. The summed E-state index contributed by atoms with van der Waals surface area (Å²) in [6, 6.07) is 0.219. The third-order valence-corrected chi connectivity index (χ3v) is 5.16. The SMILES string of the molecule is CC1CCC(CN)(N(C)CC(=O)NC(C)C(C)C)CC1. The Morgan fingerprint density at radius 2 is 1.90 bits per heavy atom. The summed E-state index contributed by atoms with van der Waals surface area (Å²) in [5, 5.41) is 3.08. The number of carbonyl (C=O) groups excluding carboxylic acids is 1. The van der Waals surface area contributed by atoms with E-state index in [0.29, 0.717) is 19.0 Å². The Morgan fingerprint density at radius 1 is 1.35 bits per heavy atom. The van der Waals surface area contributed by atoms with Gasteiger partial charge in [0.1, 0.15) is 0 Å². The highest BCUT2D eigenvalue weighted by Gasteiger charge is 2.37. The molecule has 0 aromatic rings. The Hall–Kier alpha value is -0.610. The van der Waals surface area contributed by atoms with Gasteiger partial charge < -0.3 is 11.1 Å². The highest BCUT2D eigenvalue weighted by Crippen LogP contribution is 2.34. The fraction of sp³-hybridized carbons (Fsp3) is 0.938. The number of rotatable bonds is 6. The monoisotopic (exact) mass is 283 g/mol. The van der Waals surface area contributed by atoms with Crippen LogP contribution in [0.3, 0.4) is 0 Å². The molecule has 0 bridgehead atoms. The first-order valence-electron chi connectivity index (χ1n) is 8.01. The van der Waals surface area contributed by atoms with E-state index in [9.17, 15) is 4.79 Å². The Bertz CT molecular complexity index is 309. The summed E-state index contributed by atoms with van der Waals surface area (Å²) in [7, 11) is 2.04. The third kappa shape index (κ3) is 4.45. The van der Waals surface area contributed by atoms with Crippen LogP contribution in [0.5, 0.6) is 0 Å². The summed E-state index contributed by atoms with van der Waals surface area (Å²) >= 11 is 0. The molecule has 118 valence electrons. The quantitative estimate of drug-likeness (QED) is 0.784. The molecule has 1 saturated carbocycles. The molecule has 0 aliphatic heterocycles. The first-order valence-corrected chi connectivity index (χ1v) is 8.01. The molecule has 3 N–H and O–H groups in total. The summed E-state index contributed by atoms with van der Waals surface area (Å²) in [6.45, 7) is 9.70. The molecule has 0 radical (unpaired) electrons. The summed E-state index contributed by atoms with van der Waals surface area (Å²) in [5.41, 5.74) is 6.06. The second kappa shape index (κ2) is 7.41. The summed E-state index contributed by atoms with van der Waals surface area (Å²) in [5.74, 6) is 1.36. The van der Waals surface area contributed by atoms with Crippen LogP contribution in [0.15, 0.2) is 0 Å². The van der Waals surface area contributed by atoms with Gasteiger partial charge in [-0.05, 0) is 51.5 Å². The fourth-order valence-electron chi connectivity index (χ4n) is 2.89. The molecular formula is C16H33N3O. The lowest BCUT2D eigenvalue weighted by atomic mass is 9.76. The van der Waals surface area contributed by atoms with Crippen molar-refractivity contribution in [1.82, 2.24) is 10.2 Å². The Balaban J connectivity index is 2.55. The molecule has 0 aromatic carbocycles. The van der Waals surface area contributed by atoms with E-state index in [1.807, 2.05) is 7.05 Å². The zero-order valence-electron chi connectivity index (χ0n) is 13.9. The second-order valence-electron chi connectivity index (χ2n) is 7.07. The van der Waals surface area contributed by atoms with E-state index in [0.717, 1.165) is 18.8 Å². The van der Waals surface area contributed by atoms with Crippen LogP contribution in [0.2, 0.25) is 0 Å².